The second kappa shape index (κ2) is 7.25. The Balaban J connectivity index is 1.56. The van der Waals surface area contributed by atoms with Crippen molar-refractivity contribution >= 4 is 5.95 Å². The number of piperidine rings is 1. The van der Waals surface area contributed by atoms with Gasteiger partial charge in [-0.05, 0) is 55.4 Å². The molecule has 0 spiro atoms. The van der Waals surface area contributed by atoms with Crippen molar-refractivity contribution in [1.82, 2.24) is 9.97 Å². The van der Waals surface area contributed by atoms with Crippen molar-refractivity contribution in [3.8, 4) is 5.75 Å². The van der Waals surface area contributed by atoms with Gasteiger partial charge in [-0.2, -0.15) is 0 Å². The van der Waals surface area contributed by atoms with Crippen molar-refractivity contribution in [1.29, 1.82) is 0 Å². The molecule has 0 amide bonds. The van der Waals surface area contributed by atoms with Crippen LogP contribution in [0.25, 0.3) is 0 Å². The molecule has 2 aromatic rings. The highest BCUT2D eigenvalue weighted by molar-refractivity contribution is 5.30. The van der Waals surface area contributed by atoms with Crippen LogP contribution in [0.15, 0.2) is 42.7 Å². The lowest BCUT2D eigenvalue weighted by molar-refractivity contribution is 0.387. The summed E-state index contributed by atoms with van der Waals surface area (Å²) in [5.41, 5.74) is 1.35. The molecule has 22 heavy (non-hydrogen) atoms. The van der Waals surface area contributed by atoms with Gasteiger partial charge in [-0.1, -0.05) is 12.1 Å². The van der Waals surface area contributed by atoms with Crippen molar-refractivity contribution in [2.75, 3.05) is 25.1 Å². The van der Waals surface area contributed by atoms with Gasteiger partial charge < -0.3 is 9.64 Å². The number of hydrogen-bond donors (Lipinski definition) is 0. The average Bonchev–Trinajstić information content (AvgIpc) is 2.61. The van der Waals surface area contributed by atoms with E-state index in [0.717, 1.165) is 31.2 Å². The molecule has 3 rings (SSSR count). The van der Waals surface area contributed by atoms with Gasteiger partial charge in [-0.3, -0.25) is 0 Å². The highest BCUT2D eigenvalue weighted by atomic mass is 16.5. The van der Waals surface area contributed by atoms with Crippen LogP contribution in [-0.2, 0) is 6.42 Å². The lowest BCUT2D eigenvalue weighted by Crippen LogP contribution is -2.36. The summed E-state index contributed by atoms with van der Waals surface area (Å²) in [6, 6.07) is 10.3. The number of nitrogens with zero attached hydrogens (tertiary/aromatic N) is 3. The summed E-state index contributed by atoms with van der Waals surface area (Å²) >= 11 is 0. The zero-order valence-corrected chi connectivity index (χ0v) is 13.1. The van der Waals surface area contributed by atoms with E-state index in [2.05, 4.69) is 33.1 Å². The first kappa shape index (κ1) is 14.8. The first-order chi connectivity index (χ1) is 10.8. The molecule has 0 N–H and O–H groups in total. The van der Waals surface area contributed by atoms with Crippen LogP contribution in [-0.4, -0.2) is 30.2 Å². The van der Waals surface area contributed by atoms with Crippen LogP contribution in [0.3, 0.4) is 0 Å². The second-order valence-electron chi connectivity index (χ2n) is 5.89. The number of hydrogen-bond acceptors (Lipinski definition) is 4. The predicted molar refractivity (Wildman–Crippen MR) is 88.3 cm³/mol. The molecule has 116 valence electrons. The Hall–Kier alpha value is -2.10. The highest BCUT2D eigenvalue weighted by Gasteiger charge is 2.21. The summed E-state index contributed by atoms with van der Waals surface area (Å²) in [5.74, 6) is 2.53. The van der Waals surface area contributed by atoms with Crippen molar-refractivity contribution in [3.63, 3.8) is 0 Å². The molecule has 1 aliphatic rings. The van der Waals surface area contributed by atoms with Gasteiger partial charge in [0.1, 0.15) is 5.75 Å². The molecule has 1 atom stereocenters. The molecule has 1 aromatic carbocycles. The maximum absolute atomic E-state index is 5.30. The molecule has 0 unspecified atom stereocenters. The van der Waals surface area contributed by atoms with Crippen molar-refractivity contribution < 1.29 is 4.74 Å². The van der Waals surface area contributed by atoms with Gasteiger partial charge in [0.25, 0.3) is 0 Å². The van der Waals surface area contributed by atoms with Crippen LogP contribution >= 0.6 is 0 Å². The zero-order chi connectivity index (χ0) is 15.2. The zero-order valence-electron chi connectivity index (χ0n) is 13.1. The number of aromatic nitrogens is 2. The number of rotatable bonds is 5. The highest BCUT2D eigenvalue weighted by Crippen LogP contribution is 2.24. The van der Waals surface area contributed by atoms with Gasteiger partial charge in [-0.15, -0.1) is 0 Å². The smallest absolute Gasteiger partial charge is 0.225 e. The Kier molecular flexibility index (Phi) is 4.88. The topological polar surface area (TPSA) is 38.2 Å². The van der Waals surface area contributed by atoms with E-state index in [4.69, 9.17) is 4.74 Å². The fraction of sp³-hybridized carbons (Fsp3) is 0.444. The fourth-order valence-corrected chi connectivity index (χ4v) is 3.14. The van der Waals surface area contributed by atoms with E-state index in [9.17, 15) is 0 Å². The maximum atomic E-state index is 5.30. The molecule has 0 bridgehead atoms. The van der Waals surface area contributed by atoms with Gasteiger partial charge in [0.05, 0.1) is 7.11 Å². The molecule has 2 heterocycles. The van der Waals surface area contributed by atoms with E-state index >= 15 is 0 Å². The average molecular weight is 297 g/mol. The molecular weight excluding hydrogens is 274 g/mol. The third-order valence-electron chi connectivity index (χ3n) is 4.33. The Morgan fingerprint density at radius 2 is 2.09 bits per heavy atom. The Labute approximate surface area is 132 Å². The van der Waals surface area contributed by atoms with Gasteiger partial charge in [0, 0.05) is 25.5 Å². The van der Waals surface area contributed by atoms with Crippen LogP contribution < -0.4 is 9.64 Å². The first-order valence-corrected chi connectivity index (χ1v) is 8.00. The molecule has 0 aliphatic carbocycles. The fourth-order valence-electron chi connectivity index (χ4n) is 3.14. The maximum Gasteiger partial charge on any atom is 0.225 e. The second-order valence-corrected chi connectivity index (χ2v) is 5.89. The number of anilines is 1. The SMILES string of the molecule is COc1cccc(CC[C@@H]2CCCN(c3ncccn3)C2)c1. The summed E-state index contributed by atoms with van der Waals surface area (Å²) in [7, 11) is 1.72. The van der Waals surface area contributed by atoms with E-state index in [1.807, 2.05) is 24.5 Å². The minimum Gasteiger partial charge on any atom is -0.497 e. The quantitative estimate of drug-likeness (QED) is 0.848. The lowest BCUT2D eigenvalue weighted by Gasteiger charge is -2.32. The monoisotopic (exact) mass is 297 g/mol. The molecule has 4 heteroatoms. The summed E-state index contributed by atoms with van der Waals surface area (Å²) in [4.78, 5) is 11.1. The molecule has 1 aliphatic heterocycles. The van der Waals surface area contributed by atoms with Crippen LogP contribution in [0, 0.1) is 5.92 Å². The van der Waals surface area contributed by atoms with E-state index in [0.29, 0.717) is 5.92 Å². The molecule has 4 nitrogen and oxygen atoms in total. The molecule has 0 saturated carbocycles. The van der Waals surface area contributed by atoms with Gasteiger partial charge in [0.2, 0.25) is 5.95 Å². The predicted octanol–water partition coefficient (Wildman–Crippen LogP) is 3.33. The largest absolute Gasteiger partial charge is 0.497 e. The van der Waals surface area contributed by atoms with Gasteiger partial charge in [-0.25, -0.2) is 9.97 Å². The van der Waals surface area contributed by atoms with E-state index in [1.165, 1.54) is 24.8 Å². The summed E-state index contributed by atoms with van der Waals surface area (Å²) < 4.78 is 5.30. The molecule has 1 fully saturated rings. The van der Waals surface area contributed by atoms with Crippen molar-refractivity contribution in [3.05, 3.63) is 48.3 Å². The Morgan fingerprint density at radius 3 is 2.91 bits per heavy atom. The van der Waals surface area contributed by atoms with Crippen LogP contribution in [0.5, 0.6) is 5.75 Å². The third kappa shape index (κ3) is 3.75. The number of methoxy groups -OCH3 is 1. The summed E-state index contributed by atoms with van der Waals surface area (Å²) in [6.07, 6.45) is 8.47. The molecule has 0 radical (unpaired) electrons. The Morgan fingerprint density at radius 1 is 1.23 bits per heavy atom. The van der Waals surface area contributed by atoms with E-state index < -0.39 is 0 Å². The number of aryl methyl sites for hydroxylation is 1. The standard InChI is InChI=1S/C18H23N3O/c1-22-17-7-2-5-15(13-17)8-9-16-6-3-12-21(14-16)18-19-10-4-11-20-18/h2,4-5,7,10-11,13,16H,3,6,8-9,12,14H2,1H3/t16-/m0/s1. The minimum absolute atomic E-state index is 0.712. The van der Waals surface area contributed by atoms with Crippen LogP contribution in [0.4, 0.5) is 5.95 Å². The number of ether oxygens (including phenoxy) is 1. The lowest BCUT2D eigenvalue weighted by atomic mass is 9.92. The summed E-state index contributed by atoms with van der Waals surface area (Å²) in [5, 5.41) is 0. The van der Waals surface area contributed by atoms with Crippen LogP contribution in [0.2, 0.25) is 0 Å². The molecule has 1 saturated heterocycles. The third-order valence-corrected chi connectivity index (χ3v) is 4.33. The molecule has 1 aromatic heterocycles. The number of benzene rings is 1. The molecular formula is C18H23N3O. The van der Waals surface area contributed by atoms with Gasteiger partial charge >= 0.3 is 0 Å². The van der Waals surface area contributed by atoms with Crippen LogP contribution in [0.1, 0.15) is 24.8 Å². The minimum atomic E-state index is 0.712. The van der Waals surface area contributed by atoms with Gasteiger partial charge in [0.15, 0.2) is 0 Å². The first-order valence-electron chi connectivity index (χ1n) is 8.00. The normalized spacial score (nSPS) is 18.2. The summed E-state index contributed by atoms with van der Waals surface area (Å²) in [6.45, 7) is 2.13. The van der Waals surface area contributed by atoms with Crippen molar-refractivity contribution in [2.45, 2.75) is 25.7 Å². The van der Waals surface area contributed by atoms with E-state index in [-0.39, 0.29) is 0 Å². The van der Waals surface area contributed by atoms with E-state index in [1.54, 1.807) is 7.11 Å². The Bertz CT molecular complexity index is 588. The van der Waals surface area contributed by atoms with Crippen molar-refractivity contribution in [2.24, 2.45) is 5.92 Å².